The van der Waals surface area contributed by atoms with Crippen LogP contribution in [0.15, 0.2) is 24.5 Å². The van der Waals surface area contributed by atoms with Crippen molar-refractivity contribution in [2.24, 2.45) is 0 Å². The van der Waals surface area contributed by atoms with Gasteiger partial charge in [0.1, 0.15) is 0 Å². The van der Waals surface area contributed by atoms with Crippen LogP contribution in [0.1, 0.15) is 30.7 Å². The Labute approximate surface area is 121 Å². The number of hydrogen-bond donors (Lipinski definition) is 1. The van der Waals surface area contributed by atoms with Gasteiger partial charge < -0.3 is 5.32 Å². The predicted molar refractivity (Wildman–Crippen MR) is 73.1 cm³/mol. The molecular formula is C14H17F3N4. The van der Waals surface area contributed by atoms with Crippen LogP contribution in [0.3, 0.4) is 0 Å². The molecule has 1 N–H and O–H groups in total. The fourth-order valence-electron chi connectivity index (χ4n) is 1.80. The van der Waals surface area contributed by atoms with Crippen molar-refractivity contribution in [3.05, 3.63) is 41.3 Å². The van der Waals surface area contributed by atoms with Crippen LogP contribution in [-0.2, 0) is 12.7 Å². The Morgan fingerprint density at radius 2 is 2.00 bits per heavy atom. The Morgan fingerprint density at radius 1 is 1.29 bits per heavy atom. The van der Waals surface area contributed by atoms with E-state index in [0.29, 0.717) is 18.4 Å². The lowest BCUT2D eigenvalue weighted by atomic mass is 10.2. The van der Waals surface area contributed by atoms with Crippen LogP contribution in [0.5, 0.6) is 0 Å². The second-order valence-electron chi connectivity index (χ2n) is 5.12. The molecule has 0 bridgehead atoms. The molecule has 2 aromatic rings. The molecule has 114 valence electrons. The molecular weight excluding hydrogens is 281 g/mol. The van der Waals surface area contributed by atoms with E-state index in [1.165, 1.54) is 0 Å². The quantitative estimate of drug-likeness (QED) is 0.943. The smallest absolute Gasteiger partial charge is 0.310 e. The summed E-state index contributed by atoms with van der Waals surface area (Å²) in [6.07, 6.45) is -2.66. The first-order valence-electron chi connectivity index (χ1n) is 6.59. The molecule has 0 aromatic carbocycles. The SMILES string of the molecule is Cc1nc(-n2cc(C(F)(F)F)cn2)ccc1CNC(C)C. The van der Waals surface area contributed by atoms with Crippen LogP contribution in [0.2, 0.25) is 0 Å². The third-order valence-electron chi connectivity index (χ3n) is 3.03. The number of nitrogens with one attached hydrogen (secondary N) is 1. The highest BCUT2D eigenvalue weighted by Crippen LogP contribution is 2.29. The molecule has 0 saturated heterocycles. The lowest BCUT2D eigenvalue weighted by Gasteiger charge is -2.11. The lowest BCUT2D eigenvalue weighted by Crippen LogP contribution is -2.22. The fourth-order valence-corrected chi connectivity index (χ4v) is 1.80. The van der Waals surface area contributed by atoms with Gasteiger partial charge in [0.2, 0.25) is 0 Å². The summed E-state index contributed by atoms with van der Waals surface area (Å²) in [4.78, 5) is 4.31. The lowest BCUT2D eigenvalue weighted by molar-refractivity contribution is -0.137. The molecule has 0 aliphatic rings. The van der Waals surface area contributed by atoms with Crippen molar-refractivity contribution >= 4 is 0 Å². The van der Waals surface area contributed by atoms with Crippen LogP contribution >= 0.6 is 0 Å². The van der Waals surface area contributed by atoms with Gasteiger partial charge >= 0.3 is 6.18 Å². The summed E-state index contributed by atoms with van der Waals surface area (Å²) in [6, 6.07) is 3.86. The topological polar surface area (TPSA) is 42.7 Å². The van der Waals surface area contributed by atoms with Crippen LogP contribution in [0, 0.1) is 6.92 Å². The third-order valence-corrected chi connectivity index (χ3v) is 3.03. The van der Waals surface area contributed by atoms with E-state index in [9.17, 15) is 13.2 Å². The second-order valence-corrected chi connectivity index (χ2v) is 5.12. The largest absolute Gasteiger partial charge is 0.419 e. The van der Waals surface area contributed by atoms with E-state index in [4.69, 9.17) is 0 Å². The molecule has 0 amide bonds. The Kier molecular flexibility index (Phi) is 4.32. The minimum atomic E-state index is -4.39. The van der Waals surface area contributed by atoms with E-state index in [2.05, 4.69) is 15.4 Å². The standard InChI is InChI=1S/C14H17F3N4/c1-9(2)18-6-11-4-5-13(20-10(11)3)21-8-12(7-19-21)14(15,16)17/h4-5,7-9,18H,6H2,1-3H3. The first-order chi connectivity index (χ1) is 9.77. The van der Waals surface area contributed by atoms with E-state index in [1.807, 2.05) is 26.8 Å². The summed E-state index contributed by atoms with van der Waals surface area (Å²) in [6.45, 7) is 6.58. The molecule has 21 heavy (non-hydrogen) atoms. The Bertz CT molecular complexity index is 617. The Balaban J connectivity index is 2.22. The van der Waals surface area contributed by atoms with Gasteiger partial charge in [-0.25, -0.2) is 9.67 Å². The highest BCUT2D eigenvalue weighted by atomic mass is 19.4. The van der Waals surface area contributed by atoms with Crippen molar-refractivity contribution in [1.29, 1.82) is 0 Å². The van der Waals surface area contributed by atoms with Gasteiger partial charge in [0.15, 0.2) is 5.82 Å². The maximum absolute atomic E-state index is 12.6. The highest BCUT2D eigenvalue weighted by molar-refractivity contribution is 5.30. The van der Waals surface area contributed by atoms with Gasteiger partial charge in [-0.3, -0.25) is 0 Å². The molecule has 0 unspecified atom stereocenters. The zero-order valence-corrected chi connectivity index (χ0v) is 12.1. The molecule has 0 aliphatic carbocycles. The molecule has 0 radical (unpaired) electrons. The summed E-state index contributed by atoms with van der Waals surface area (Å²) >= 11 is 0. The van der Waals surface area contributed by atoms with E-state index >= 15 is 0 Å². The summed E-state index contributed by atoms with van der Waals surface area (Å²) in [7, 11) is 0. The van der Waals surface area contributed by atoms with Crippen molar-refractivity contribution in [2.45, 2.75) is 39.5 Å². The number of aromatic nitrogens is 3. The molecule has 0 saturated carbocycles. The number of aryl methyl sites for hydroxylation is 1. The van der Waals surface area contributed by atoms with Crippen molar-refractivity contribution in [1.82, 2.24) is 20.1 Å². The second kappa shape index (κ2) is 5.85. The van der Waals surface area contributed by atoms with Gasteiger partial charge in [-0.2, -0.15) is 18.3 Å². The number of rotatable bonds is 4. The first-order valence-corrected chi connectivity index (χ1v) is 6.59. The first kappa shape index (κ1) is 15.5. The summed E-state index contributed by atoms with van der Waals surface area (Å²) < 4.78 is 38.8. The number of hydrogen-bond acceptors (Lipinski definition) is 3. The Morgan fingerprint density at radius 3 is 2.52 bits per heavy atom. The predicted octanol–water partition coefficient (Wildman–Crippen LogP) is 3.09. The van der Waals surface area contributed by atoms with Crippen LogP contribution in [-0.4, -0.2) is 20.8 Å². The van der Waals surface area contributed by atoms with E-state index in [-0.39, 0.29) is 0 Å². The zero-order valence-electron chi connectivity index (χ0n) is 12.1. The van der Waals surface area contributed by atoms with Gasteiger partial charge in [-0.05, 0) is 18.6 Å². The molecule has 0 aliphatic heterocycles. The minimum absolute atomic E-state index is 0.351. The number of alkyl halides is 3. The average Bonchev–Trinajstić information content (AvgIpc) is 2.86. The van der Waals surface area contributed by atoms with Crippen LogP contribution < -0.4 is 5.32 Å². The van der Waals surface area contributed by atoms with Gasteiger partial charge in [0, 0.05) is 24.5 Å². The normalized spacial score (nSPS) is 12.1. The molecule has 2 aromatic heterocycles. The summed E-state index contributed by atoms with van der Waals surface area (Å²) in [5.74, 6) is 0.372. The van der Waals surface area contributed by atoms with Crippen molar-refractivity contribution in [2.75, 3.05) is 0 Å². The maximum atomic E-state index is 12.6. The highest BCUT2D eigenvalue weighted by Gasteiger charge is 2.32. The Hall–Kier alpha value is -1.89. The average molecular weight is 298 g/mol. The molecule has 0 fully saturated rings. The van der Waals surface area contributed by atoms with Crippen LogP contribution in [0.25, 0.3) is 5.82 Å². The number of nitrogens with zero attached hydrogens (tertiary/aromatic N) is 3. The van der Waals surface area contributed by atoms with Crippen molar-refractivity contribution < 1.29 is 13.2 Å². The van der Waals surface area contributed by atoms with Gasteiger partial charge in [0.25, 0.3) is 0 Å². The zero-order chi connectivity index (χ0) is 15.6. The van der Waals surface area contributed by atoms with Gasteiger partial charge in [-0.1, -0.05) is 19.9 Å². The molecule has 2 rings (SSSR count). The van der Waals surface area contributed by atoms with E-state index < -0.39 is 11.7 Å². The molecule has 0 spiro atoms. The molecule has 7 heteroatoms. The van der Waals surface area contributed by atoms with Gasteiger partial charge in [-0.15, -0.1) is 0 Å². The summed E-state index contributed by atoms with van der Waals surface area (Å²) in [5, 5.41) is 6.99. The fraction of sp³-hybridized carbons (Fsp3) is 0.429. The van der Waals surface area contributed by atoms with E-state index in [0.717, 1.165) is 28.3 Å². The number of halogens is 3. The van der Waals surface area contributed by atoms with Crippen molar-refractivity contribution in [3.8, 4) is 5.82 Å². The molecule has 4 nitrogen and oxygen atoms in total. The molecule has 2 heterocycles. The van der Waals surface area contributed by atoms with Gasteiger partial charge in [0.05, 0.1) is 11.8 Å². The number of pyridine rings is 1. The third kappa shape index (κ3) is 3.81. The minimum Gasteiger partial charge on any atom is -0.310 e. The van der Waals surface area contributed by atoms with E-state index in [1.54, 1.807) is 6.07 Å². The van der Waals surface area contributed by atoms with Crippen molar-refractivity contribution in [3.63, 3.8) is 0 Å². The summed E-state index contributed by atoms with van der Waals surface area (Å²) in [5.41, 5.74) is 0.993. The van der Waals surface area contributed by atoms with Crippen LogP contribution in [0.4, 0.5) is 13.2 Å². The maximum Gasteiger partial charge on any atom is 0.419 e. The monoisotopic (exact) mass is 298 g/mol. The molecule has 0 atom stereocenters.